The normalized spacial score (nSPS) is 37.4. The molecule has 21 heavy (non-hydrogen) atoms. The van der Waals surface area contributed by atoms with E-state index in [4.69, 9.17) is 9.47 Å². The zero-order valence-corrected chi connectivity index (χ0v) is 16.7. The van der Waals surface area contributed by atoms with Crippen LogP contribution in [0.4, 0.5) is 4.39 Å². The van der Waals surface area contributed by atoms with Crippen LogP contribution >= 0.6 is 0 Å². The third kappa shape index (κ3) is 3.23. The molecule has 4 atom stereocenters. The molecule has 1 N–H and O–H groups in total. The van der Waals surface area contributed by atoms with Crippen LogP contribution in [0, 0.1) is 44.1 Å². The molecule has 5 nitrogen and oxygen atoms in total. The number of hydrogen-bond donors (Lipinski definition) is 1. The van der Waals surface area contributed by atoms with E-state index in [0.717, 1.165) is 32.1 Å². The summed E-state index contributed by atoms with van der Waals surface area (Å²) in [6, 6.07) is 0. The molecule has 0 aromatic rings. The number of halogens is 1. The predicted octanol–water partition coefficient (Wildman–Crippen LogP) is 1.24. The number of carbonyl (C=O) groups excluding carboxylic acids is 1. The molecule has 3 rings (SSSR count). The minimum atomic E-state index is -1.80. The van der Waals surface area contributed by atoms with Crippen LogP contribution in [0.2, 0.25) is 0 Å². The molecule has 115 valence electrons. The van der Waals surface area contributed by atoms with Gasteiger partial charge in [0.05, 0.1) is 12.7 Å². The van der Waals surface area contributed by atoms with Crippen molar-refractivity contribution in [2.45, 2.75) is 62.4 Å². The van der Waals surface area contributed by atoms with Crippen molar-refractivity contribution in [1.29, 1.82) is 0 Å². The molecule has 7 heteroatoms. The van der Waals surface area contributed by atoms with E-state index >= 15 is 0 Å². The Labute approximate surface area is 158 Å². The van der Waals surface area contributed by atoms with Gasteiger partial charge in [-0.3, -0.25) is 0 Å². The van der Waals surface area contributed by atoms with Gasteiger partial charge in [0.15, 0.2) is 12.0 Å². The molecule has 2 aliphatic carbocycles. The number of alkyl halides is 1. The topological polar surface area (TPSA) is 65.0 Å². The number of rotatable bonds is 1. The first-order valence-corrected chi connectivity index (χ1v) is 7.04. The van der Waals surface area contributed by atoms with Gasteiger partial charge in [-0.05, 0) is 18.9 Å². The van der Waals surface area contributed by atoms with Crippen molar-refractivity contribution >= 4 is 5.97 Å². The molecule has 1 heterocycles. The Morgan fingerprint density at radius 2 is 2.05 bits per heavy atom. The maximum absolute atomic E-state index is 14.1. The van der Waals surface area contributed by atoms with Gasteiger partial charge in [0.2, 0.25) is 0 Å². The van der Waals surface area contributed by atoms with Gasteiger partial charge in [-0.1, -0.05) is 6.42 Å². The van der Waals surface area contributed by atoms with E-state index in [1.165, 1.54) is 13.2 Å². The van der Waals surface area contributed by atoms with Crippen LogP contribution in [0.15, 0.2) is 11.6 Å². The van der Waals surface area contributed by atoms with E-state index in [9.17, 15) is 14.3 Å². The van der Waals surface area contributed by atoms with Gasteiger partial charge in [-0.25, -0.2) is 9.18 Å². The second kappa shape index (κ2) is 6.92. The van der Waals surface area contributed by atoms with Crippen molar-refractivity contribution in [3.05, 3.63) is 11.6 Å². The van der Waals surface area contributed by atoms with Gasteiger partial charge < -0.3 is 19.3 Å². The molecular formula is C14H19AcFO5. The quantitative estimate of drug-likeness (QED) is 0.535. The second-order valence-electron chi connectivity index (χ2n) is 5.64. The van der Waals surface area contributed by atoms with Gasteiger partial charge in [-0.2, -0.15) is 0 Å². The predicted molar refractivity (Wildman–Crippen MR) is 66.6 cm³/mol. The maximum atomic E-state index is 14.1. The largest absolute Gasteiger partial charge is 0.466 e. The summed E-state index contributed by atoms with van der Waals surface area (Å²) in [5.41, 5.74) is -0.183. The van der Waals surface area contributed by atoms with Crippen molar-refractivity contribution in [2.75, 3.05) is 7.11 Å². The standard InChI is InChI=1S/C14H19FO5.Ac/c1-18-13(17)8-7-9-12(11(16)10(8)15)20-14(19-9)5-3-2-4-6-14;/h7,9-12,16H,2-6H2,1H3;. The first-order valence-electron chi connectivity index (χ1n) is 7.04. The van der Waals surface area contributed by atoms with E-state index in [2.05, 4.69) is 4.74 Å². The van der Waals surface area contributed by atoms with Crippen LogP contribution in [0.1, 0.15) is 32.1 Å². The Morgan fingerprint density at radius 3 is 2.67 bits per heavy atom. The summed E-state index contributed by atoms with van der Waals surface area (Å²) in [5.74, 6) is -1.50. The number of carbonyl (C=O) groups is 1. The van der Waals surface area contributed by atoms with Crippen molar-refractivity contribution in [2.24, 2.45) is 0 Å². The molecule has 1 radical (unpaired) electrons. The van der Waals surface area contributed by atoms with E-state index < -0.39 is 36.2 Å². The Bertz CT molecular complexity index is 435. The number of ether oxygens (including phenoxy) is 3. The summed E-state index contributed by atoms with van der Waals surface area (Å²) in [4.78, 5) is 11.5. The van der Waals surface area contributed by atoms with E-state index in [1.807, 2.05) is 0 Å². The molecule has 0 aromatic heterocycles. The minimum absolute atomic E-state index is 0. The summed E-state index contributed by atoms with van der Waals surface area (Å²) in [6.07, 6.45) is 1.44. The fourth-order valence-corrected chi connectivity index (χ4v) is 3.29. The third-order valence-corrected chi connectivity index (χ3v) is 4.34. The van der Waals surface area contributed by atoms with E-state index in [-0.39, 0.29) is 49.6 Å². The van der Waals surface area contributed by atoms with Crippen molar-refractivity contribution in [3.63, 3.8) is 0 Å². The summed E-state index contributed by atoms with van der Waals surface area (Å²) in [7, 11) is 1.18. The molecular weight excluding hydrogens is 494 g/mol. The minimum Gasteiger partial charge on any atom is -0.466 e. The Kier molecular flexibility index (Phi) is 5.87. The van der Waals surface area contributed by atoms with Crippen LogP contribution in [0.5, 0.6) is 0 Å². The third-order valence-electron chi connectivity index (χ3n) is 4.34. The molecule has 2 fully saturated rings. The SMILES string of the molecule is COC(=O)C1=CC2OC3(CCCCC3)OC2C(O)C1F.[Ac]. The van der Waals surface area contributed by atoms with Gasteiger partial charge in [0, 0.05) is 56.9 Å². The number of methoxy groups -OCH3 is 1. The van der Waals surface area contributed by atoms with Crippen LogP contribution < -0.4 is 0 Å². The molecule has 0 bridgehead atoms. The number of aliphatic hydroxyl groups is 1. The van der Waals surface area contributed by atoms with Crippen LogP contribution in [0.25, 0.3) is 0 Å². The number of esters is 1. The monoisotopic (exact) mass is 513 g/mol. The number of aliphatic hydroxyl groups excluding tert-OH is 1. The molecule has 4 unspecified atom stereocenters. The van der Waals surface area contributed by atoms with E-state index in [1.54, 1.807) is 0 Å². The van der Waals surface area contributed by atoms with Crippen LogP contribution in [-0.2, 0) is 19.0 Å². The molecule has 1 aliphatic heterocycles. The molecule has 0 amide bonds. The summed E-state index contributed by atoms with van der Waals surface area (Å²) in [6.45, 7) is 0. The Balaban J connectivity index is 0.00000161. The average molecular weight is 513 g/mol. The van der Waals surface area contributed by atoms with Crippen molar-refractivity contribution < 1.29 is 72.6 Å². The smallest absolute Gasteiger partial charge is 0.336 e. The summed E-state index contributed by atoms with van der Waals surface area (Å²) in [5, 5.41) is 10.0. The Morgan fingerprint density at radius 1 is 1.38 bits per heavy atom. The van der Waals surface area contributed by atoms with Gasteiger partial charge in [0.1, 0.15) is 18.3 Å². The maximum Gasteiger partial charge on any atom is 0.336 e. The molecule has 3 aliphatic rings. The van der Waals surface area contributed by atoms with Crippen LogP contribution in [0.3, 0.4) is 0 Å². The zero-order chi connectivity index (χ0) is 14.3. The van der Waals surface area contributed by atoms with Gasteiger partial charge in [0.25, 0.3) is 0 Å². The number of hydrogen-bond acceptors (Lipinski definition) is 5. The fourth-order valence-electron chi connectivity index (χ4n) is 3.29. The first-order chi connectivity index (χ1) is 9.56. The first kappa shape index (κ1) is 17.8. The Hall–Kier alpha value is 0.462. The van der Waals surface area contributed by atoms with Crippen molar-refractivity contribution in [1.82, 2.24) is 0 Å². The fraction of sp³-hybridized carbons (Fsp3) is 0.786. The zero-order valence-electron chi connectivity index (χ0n) is 12.0. The van der Waals surface area contributed by atoms with E-state index in [0.29, 0.717) is 0 Å². The second-order valence-corrected chi connectivity index (χ2v) is 5.64. The van der Waals surface area contributed by atoms with Crippen molar-refractivity contribution in [3.8, 4) is 0 Å². The number of fused-ring (bicyclic) bond motifs is 1. The summed E-state index contributed by atoms with van der Waals surface area (Å²) >= 11 is 0. The summed E-state index contributed by atoms with van der Waals surface area (Å²) < 4.78 is 30.4. The van der Waals surface area contributed by atoms with Gasteiger partial charge in [-0.15, -0.1) is 0 Å². The average Bonchev–Trinajstić information content (AvgIpc) is 2.81. The van der Waals surface area contributed by atoms with Crippen LogP contribution in [-0.4, -0.2) is 48.5 Å². The molecule has 1 saturated carbocycles. The van der Waals surface area contributed by atoms with Gasteiger partial charge >= 0.3 is 5.97 Å². The molecule has 1 saturated heterocycles. The molecule has 1 spiro atoms. The molecule has 0 aromatic carbocycles.